The van der Waals surface area contributed by atoms with Crippen LogP contribution in [0.3, 0.4) is 0 Å². The molecule has 5 heteroatoms. The van der Waals surface area contributed by atoms with Crippen LogP contribution in [-0.2, 0) is 16.0 Å². The van der Waals surface area contributed by atoms with Crippen LogP contribution in [0.1, 0.15) is 17.5 Å². The fourth-order valence-corrected chi connectivity index (χ4v) is 2.80. The topological polar surface area (TPSA) is 49.4 Å². The highest BCUT2D eigenvalue weighted by molar-refractivity contribution is 6.06. The Morgan fingerprint density at radius 3 is 2.62 bits per heavy atom. The maximum absolute atomic E-state index is 13.6. The van der Waals surface area contributed by atoms with Crippen LogP contribution in [0.5, 0.6) is 0 Å². The van der Waals surface area contributed by atoms with Crippen LogP contribution in [0.2, 0.25) is 0 Å². The molecule has 0 aromatic heterocycles. The summed E-state index contributed by atoms with van der Waals surface area (Å²) in [6, 6.07) is 13.8. The summed E-state index contributed by atoms with van der Waals surface area (Å²) in [6.45, 7) is 2.04. The van der Waals surface area contributed by atoms with Gasteiger partial charge in [-0.25, -0.2) is 4.39 Å². The number of likely N-dealkylation sites (tertiary alicyclic amines) is 1. The van der Waals surface area contributed by atoms with Crippen molar-refractivity contribution in [2.24, 2.45) is 0 Å². The fourth-order valence-electron chi connectivity index (χ4n) is 2.80. The molecule has 0 spiro atoms. The number of hydrogen-bond donors (Lipinski definition) is 1. The number of halogens is 1. The molecular formula is C19H19FN2O2. The number of amides is 2. The molecule has 0 aliphatic carbocycles. The summed E-state index contributed by atoms with van der Waals surface area (Å²) in [5.74, 6) is -0.782. The molecule has 1 aliphatic rings. The van der Waals surface area contributed by atoms with Crippen molar-refractivity contribution in [2.75, 3.05) is 11.9 Å². The number of anilines is 1. The van der Waals surface area contributed by atoms with Crippen LogP contribution in [-0.4, -0.2) is 29.3 Å². The van der Waals surface area contributed by atoms with Gasteiger partial charge in [0.15, 0.2) is 0 Å². The van der Waals surface area contributed by atoms with Gasteiger partial charge in [0.25, 0.3) is 5.91 Å². The normalized spacial score (nSPS) is 17.4. The van der Waals surface area contributed by atoms with Gasteiger partial charge in [0.2, 0.25) is 5.91 Å². The standard InChI is InChI=1S/C19H19FN2O2/c1-13-7-8-15(11-16(13)20)21-17-12-18(23)22(19(17)24)10-9-14-5-3-2-4-6-14/h2-8,11,17,21H,9-10,12H2,1H3/t17-/m1/s1. The molecule has 4 nitrogen and oxygen atoms in total. The van der Waals surface area contributed by atoms with Crippen molar-refractivity contribution in [3.05, 3.63) is 65.5 Å². The second-order valence-corrected chi connectivity index (χ2v) is 5.98. The first kappa shape index (κ1) is 16.2. The Bertz CT molecular complexity index is 761. The van der Waals surface area contributed by atoms with Gasteiger partial charge < -0.3 is 5.32 Å². The van der Waals surface area contributed by atoms with Crippen LogP contribution in [0, 0.1) is 12.7 Å². The van der Waals surface area contributed by atoms with Crippen molar-refractivity contribution in [3.63, 3.8) is 0 Å². The average molecular weight is 326 g/mol. The Balaban J connectivity index is 1.64. The molecule has 0 radical (unpaired) electrons. The van der Waals surface area contributed by atoms with E-state index in [1.54, 1.807) is 19.1 Å². The number of carbonyl (C=O) groups excluding carboxylic acids is 2. The molecule has 1 N–H and O–H groups in total. The Morgan fingerprint density at radius 1 is 1.17 bits per heavy atom. The van der Waals surface area contributed by atoms with Gasteiger partial charge in [-0.15, -0.1) is 0 Å². The quantitative estimate of drug-likeness (QED) is 0.860. The number of nitrogens with one attached hydrogen (secondary N) is 1. The molecule has 1 saturated heterocycles. The van der Waals surface area contributed by atoms with Gasteiger partial charge in [-0.2, -0.15) is 0 Å². The van der Waals surface area contributed by atoms with E-state index >= 15 is 0 Å². The average Bonchev–Trinajstić information content (AvgIpc) is 2.84. The second-order valence-electron chi connectivity index (χ2n) is 5.98. The molecule has 1 fully saturated rings. The molecule has 2 aromatic rings. The first-order valence-electron chi connectivity index (χ1n) is 7.95. The van der Waals surface area contributed by atoms with E-state index in [2.05, 4.69) is 5.32 Å². The highest BCUT2D eigenvalue weighted by atomic mass is 19.1. The lowest BCUT2D eigenvalue weighted by molar-refractivity contribution is -0.138. The van der Waals surface area contributed by atoms with Gasteiger partial charge in [0, 0.05) is 12.2 Å². The summed E-state index contributed by atoms with van der Waals surface area (Å²) >= 11 is 0. The number of rotatable bonds is 5. The summed E-state index contributed by atoms with van der Waals surface area (Å²) in [4.78, 5) is 25.8. The maximum atomic E-state index is 13.6. The van der Waals surface area contributed by atoms with Crippen molar-refractivity contribution < 1.29 is 14.0 Å². The number of benzene rings is 2. The summed E-state index contributed by atoms with van der Waals surface area (Å²) < 4.78 is 13.6. The monoisotopic (exact) mass is 326 g/mol. The number of carbonyl (C=O) groups is 2. The minimum Gasteiger partial charge on any atom is -0.373 e. The van der Waals surface area contributed by atoms with E-state index < -0.39 is 6.04 Å². The molecule has 1 aliphatic heterocycles. The molecule has 0 bridgehead atoms. The number of nitrogens with zero attached hydrogens (tertiary/aromatic N) is 1. The van der Waals surface area contributed by atoms with Crippen molar-refractivity contribution >= 4 is 17.5 Å². The third-order valence-electron chi connectivity index (χ3n) is 4.22. The molecule has 3 rings (SSSR count). The van der Waals surface area contributed by atoms with Crippen molar-refractivity contribution in [1.82, 2.24) is 4.90 Å². The first-order valence-corrected chi connectivity index (χ1v) is 7.95. The lowest BCUT2D eigenvalue weighted by Crippen LogP contribution is -2.36. The van der Waals surface area contributed by atoms with Crippen LogP contribution in [0.15, 0.2) is 48.5 Å². The highest BCUT2D eigenvalue weighted by Crippen LogP contribution is 2.20. The third-order valence-corrected chi connectivity index (χ3v) is 4.22. The Morgan fingerprint density at radius 2 is 1.92 bits per heavy atom. The van der Waals surface area contributed by atoms with Crippen molar-refractivity contribution in [1.29, 1.82) is 0 Å². The molecule has 0 saturated carbocycles. The van der Waals surface area contributed by atoms with Gasteiger partial charge in [-0.3, -0.25) is 14.5 Å². The van der Waals surface area contributed by atoms with E-state index in [0.717, 1.165) is 5.56 Å². The molecule has 1 heterocycles. The molecule has 2 aromatic carbocycles. The lowest BCUT2D eigenvalue weighted by atomic mass is 10.1. The molecule has 124 valence electrons. The minimum atomic E-state index is -0.629. The van der Waals surface area contributed by atoms with E-state index in [0.29, 0.717) is 24.2 Å². The van der Waals surface area contributed by atoms with E-state index in [4.69, 9.17) is 0 Å². The van der Waals surface area contributed by atoms with Gasteiger partial charge in [0.05, 0.1) is 6.42 Å². The van der Waals surface area contributed by atoms with Gasteiger partial charge in [-0.05, 0) is 36.6 Å². The molecule has 0 unspecified atom stereocenters. The maximum Gasteiger partial charge on any atom is 0.252 e. The Kier molecular flexibility index (Phi) is 4.60. The SMILES string of the molecule is Cc1ccc(N[C@@H]2CC(=O)N(CCc3ccccc3)C2=O)cc1F. The highest BCUT2D eigenvalue weighted by Gasteiger charge is 2.38. The lowest BCUT2D eigenvalue weighted by Gasteiger charge is -2.16. The number of aryl methyl sites for hydroxylation is 1. The second kappa shape index (κ2) is 6.83. The summed E-state index contributed by atoms with van der Waals surface area (Å²) in [5.41, 5.74) is 2.13. The van der Waals surface area contributed by atoms with Gasteiger partial charge >= 0.3 is 0 Å². The van der Waals surface area contributed by atoms with Crippen LogP contribution < -0.4 is 5.32 Å². The summed E-state index contributed by atoms with van der Waals surface area (Å²) in [5, 5.41) is 2.97. The van der Waals surface area contributed by atoms with E-state index in [9.17, 15) is 14.0 Å². The smallest absolute Gasteiger partial charge is 0.252 e. The first-order chi connectivity index (χ1) is 11.5. The largest absolute Gasteiger partial charge is 0.373 e. The zero-order valence-corrected chi connectivity index (χ0v) is 13.5. The van der Waals surface area contributed by atoms with E-state index in [1.807, 2.05) is 30.3 Å². The predicted octanol–water partition coefficient (Wildman–Crippen LogP) is 2.92. The third kappa shape index (κ3) is 3.45. The minimum absolute atomic E-state index is 0.100. The zero-order valence-electron chi connectivity index (χ0n) is 13.5. The van der Waals surface area contributed by atoms with Crippen LogP contribution in [0.25, 0.3) is 0 Å². The van der Waals surface area contributed by atoms with Crippen molar-refractivity contribution in [3.8, 4) is 0 Å². The molecular weight excluding hydrogens is 307 g/mol. The fraction of sp³-hybridized carbons (Fsp3) is 0.263. The van der Waals surface area contributed by atoms with Crippen molar-refractivity contribution in [2.45, 2.75) is 25.8 Å². The van der Waals surface area contributed by atoms with Crippen LogP contribution >= 0.6 is 0 Å². The summed E-state index contributed by atoms with van der Waals surface area (Å²) in [6.07, 6.45) is 0.729. The predicted molar refractivity (Wildman–Crippen MR) is 90.0 cm³/mol. The zero-order chi connectivity index (χ0) is 17.1. The summed E-state index contributed by atoms with van der Waals surface area (Å²) in [7, 11) is 0. The van der Waals surface area contributed by atoms with Gasteiger partial charge in [0.1, 0.15) is 11.9 Å². The van der Waals surface area contributed by atoms with E-state index in [1.165, 1.54) is 11.0 Å². The number of hydrogen-bond acceptors (Lipinski definition) is 3. The van der Waals surface area contributed by atoms with E-state index in [-0.39, 0.29) is 24.1 Å². The molecule has 1 atom stereocenters. The Hall–Kier alpha value is -2.69. The Labute approximate surface area is 140 Å². The van der Waals surface area contributed by atoms with Gasteiger partial charge in [-0.1, -0.05) is 36.4 Å². The molecule has 2 amide bonds. The number of imide groups is 1. The van der Waals surface area contributed by atoms with Crippen LogP contribution in [0.4, 0.5) is 10.1 Å². The molecule has 24 heavy (non-hydrogen) atoms.